The molecule has 12 heavy (non-hydrogen) atoms. The standard InChI is InChI=1S/C9H11NOS/c11-6-8-5-9(12-10-8)7-3-1-2-4-7/h5-7H,1-4H2. The van der Waals surface area contributed by atoms with Crippen molar-refractivity contribution in [2.45, 2.75) is 31.6 Å². The van der Waals surface area contributed by atoms with Crippen molar-refractivity contribution in [1.29, 1.82) is 0 Å². The molecule has 1 heterocycles. The van der Waals surface area contributed by atoms with E-state index in [4.69, 9.17) is 0 Å². The number of carbonyl (C=O) groups excluding carboxylic acids is 1. The molecule has 0 radical (unpaired) electrons. The van der Waals surface area contributed by atoms with Gasteiger partial charge in [0.1, 0.15) is 5.69 Å². The van der Waals surface area contributed by atoms with Gasteiger partial charge >= 0.3 is 0 Å². The molecule has 3 heteroatoms. The smallest absolute Gasteiger partial charge is 0.169 e. The van der Waals surface area contributed by atoms with Crippen molar-refractivity contribution >= 4 is 17.8 Å². The first-order valence-electron chi connectivity index (χ1n) is 4.32. The van der Waals surface area contributed by atoms with Gasteiger partial charge in [-0.25, -0.2) is 0 Å². The molecule has 1 aromatic heterocycles. The number of carbonyl (C=O) groups is 1. The summed E-state index contributed by atoms with van der Waals surface area (Å²) in [4.78, 5) is 11.7. The van der Waals surface area contributed by atoms with Gasteiger partial charge in [-0.3, -0.25) is 4.79 Å². The van der Waals surface area contributed by atoms with Crippen LogP contribution in [-0.2, 0) is 0 Å². The Balaban J connectivity index is 2.16. The first-order valence-corrected chi connectivity index (χ1v) is 5.09. The van der Waals surface area contributed by atoms with Gasteiger partial charge in [0.25, 0.3) is 0 Å². The number of rotatable bonds is 2. The van der Waals surface area contributed by atoms with E-state index in [1.165, 1.54) is 42.1 Å². The lowest BCUT2D eigenvalue weighted by atomic mass is 10.1. The van der Waals surface area contributed by atoms with Crippen molar-refractivity contribution in [2.75, 3.05) is 0 Å². The lowest BCUT2D eigenvalue weighted by Gasteiger charge is -2.02. The van der Waals surface area contributed by atoms with Gasteiger partial charge in [0.2, 0.25) is 0 Å². The van der Waals surface area contributed by atoms with Gasteiger partial charge in [-0.05, 0) is 36.4 Å². The average molecular weight is 181 g/mol. The Kier molecular flexibility index (Phi) is 2.21. The predicted molar refractivity (Wildman–Crippen MR) is 48.7 cm³/mol. The number of hydrogen-bond donors (Lipinski definition) is 0. The van der Waals surface area contributed by atoms with Gasteiger partial charge in [0, 0.05) is 4.88 Å². The summed E-state index contributed by atoms with van der Waals surface area (Å²) in [6, 6.07) is 1.94. The van der Waals surface area contributed by atoms with E-state index in [1.807, 2.05) is 6.07 Å². The van der Waals surface area contributed by atoms with Crippen LogP contribution in [0.3, 0.4) is 0 Å². The maximum absolute atomic E-state index is 10.4. The molecule has 1 saturated carbocycles. The van der Waals surface area contributed by atoms with Crippen LogP contribution in [0.4, 0.5) is 0 Å². The highest BCUT2D eigenvalue weighted by Crippen LogP contribution is 2.35. The van der Waals surface area contributed by atoms with Crippen molar-refractivity contribution in [3.8, 4) is 0 Å². The van der Waals surface area contributed by atoms with E-state index in [0.29, 0.717) is 11.6 Å². The average Bonchev–Trinajstić information content (AvgIpc) is 2.75. The summed E-state index contributed by atoms with van der Waals surface area (Å²) in [6.45, 7) is 0. The normalized spacial score (nSPS) is 18.3. The molecule has 0 aromatic carbocycles. The Hall–Kier alpha value is -0.700. The van der Waals surface area contributed by atoms with Crippen LogP contribution in [0.2, 0.25) is 0 Å². The number of hydrogen-bond acceptors (Lipinski definition) is 3. The highest BCUT2D eigenvalue weighted by atomic mass is 32.1. The minimum Gasteiger partial charge on any atom is -0.296 e. The van der Waals surface area contributed by atoms with E-state index in [1.54, 1.807) is 0 Å². The Morgan fingerprint density at radius 2 is 2.25 bits per heavy atom. The fraction of sp³-hybridized carbons (Fsp3) is 0.556. The van der Waals surface area contributed by atoms with Crippen LogP contribution < -0.4 is 0 Å². The fourth-order valence-electron chi connectivity index (χ4n) is 1.76. The van der Waals surface area contributed by atoms with E-state index >= 15 is 0 Å². The number of aldehydes is 1. The summed E-state index contributed by atoms with van der Waals surface area (Å²) < 4.78 is 4.05. The molecule has 1 aromatic rings. The minimum atomic E-state index is 0.599. The van der Waals surface area contributed by atoms with Crippen molar-refractivity contribution in [3.63, 3.8) is 0 Å². The zero-order valence-electron chi connectivity index (χ0n) is 6.82. The Labute approximate surface area is 75.8 Å². The third kappa shape index (κ3) is 1.41. The molecule has 1 fully saturated rings. The second kappa shape index (κ2) is 3.35. The summed E-state index contributed by atoms with van der Waals surface area (Å²) in [5.41, 5.74) is 0.599. The van der Waals surface area contributed by atoms with E-state index in [9.17, 15) is 4.79 Å². The summed E-state index contributed by atoms with van der Waals surface area (Å²) in [5.74, 6) is 0.691. The zero-order chi connectivity index (χ0) is 8.39. The molecular weight excluding hydrogens is 170 g/mol. The molecule has 0 saturated heterocycles. The first-order chi connectivity index (χ1) is 5.90. The van der Waals surface area contributed by atoms with E-state index in [-0.39, 0.29) is 0 Å². The highest BCUT2D eigenvalue weighted by molar-refractivity contribution is 7.06. The van der Waals surface area contributed by atoms with Gasteiger partial charge in [0.15, 0.2) is 6.29 Å². The van der Waals surface area contributed by atoms with Crippen LogP contribution in [0.5, 0.6) is 0 Å². The third-order valence-electron chi connectivity index (χ3n) is 2.42. The molecule has 0 amide bonds. The van der Waals surface area contributed by atoms with Gasteiger partial charge in [-0.2, -0.15) is 4.37 Å². The molecule has 0 bridgehead atoms. The molecule has 0 aliphatic heterocycles. The van der Waals surface area contributed by atoms with Crippen LogP contribution in [0.25, 0.3) is 0 Å². The fourth-order valence-corrected chi connectivity index (χ4v) is 2.63. The molecule has 1 aliphatic carbocycles. The second-order valence-corrected chi connectivity index (χ2v) is 4.09. The molecule has 0 N–H and O–H groups in total. The number of nitrogens with zero attached hydrogens (tertiary/aromatic N) is 1. The Morgan fingerprint density at radius 3 is 2.83 bits per heavy atom. The number of aromatic nitrogens is 1. The van der Waals surface area contributed by atoms with Crippen molar-refractivity contribution < 1.29 is 4.79 Å². The van der Waals surface area contributed by atoms with Gasteiger partial charge in [0.05, 0.1) is 0 Å². The molecule has 0 unspecified atom stereocenters. The van der Waals surface area contributed by atoms with Crippen LogP contribution in [0.15, 0.2) is 6.07 Å². The highest BCUT2D eigenvalue weighted by Gasteiger charge is 2.19. The first kappa shape index (κ1) is 7.92. The van der Waals surface area contributed by atoms with E-state index < -0.39 is 0 Å². The SMILES string of the molecule is O=Cc1cc(C2CCCC2)sn1. The Morgan fingerprint density at radius 1 is 1.50 bits per heavy atom. The molecule has 2 nitrogen and oxygen atoms in total. The Bertz CT molecular complexity index is 276. The molecule has 1 aliphatic rings. The van der Waals surface area contributed by atoms with Gasteiger partial charge in [-0.15, -0.1) is 0 Å². The lowest BCUT2D eigenvalue weighted by Crippen LogP contribution is -1.86. The molecule has 2 rings (SSSR count). The monoisotopic (exact) mass is 181 g/mol. The third-order valence-corrected chi connectivity index (χ3v) is 3.39. The van der Waals surface area contributed by atoms with Crippen LogP contribution in [0.1, 0.15) is 47.0 Å². The second-order valence-electron chi connectivity index (χ2n) is 3.25. The largest absolute Gasteiger partial charge is 0.296 e. The zero-order valence-corrected chi connectivity index (χ0v) is 7.64. The molecule has 64 valence electrons. The summed E-state index contributed by atoms with van der Waals surface area (Å²) in [7, 11) is 0. The van der Waals surface area contributed by atoms with Crippen LogP contribution >= 0.6 is 11.5 Å². The minimum absolute atomic E-state index is 0.599. The summed E-state index contributed by atoms with van der Waals surface area (Å²) >= 11 is 1.49. The van der Waals surface area contributed by atoms with Crippen molar-refractivity contribution in [3.05, 3.63) is 16.6 Å². The molecular formula is C9H11NOS. The maximum atomic E-state index is 10.4. The van der Waals surface area contributed by atoms with Crippen molar-refractivity contribution in [1.82, 2.24) is 4.37 Å². The quantitative estimate of drug-likeness (QED) is 0.656. The van der Waals surface area contributed by atoms with E-state index in [2.05, 4.69) is 4.37 Å². The topological polar surface area (TPSA) is 30.0 Å². The lowest BCUT2D eigenvalue weighted by molar-refractivity contribution is 0.112. The van der Waals surface area contributed by atoms with Gasteiger partial charge in [-0.1, -0.05) is 12.8 Å². The van der Waals surface area contributed by atoms with E-state index in [0.717, 1.165) is 6.29 Å². The van der Waals surface area contributed by atoms with Crippen LogP contribution in [0, 0.1) is 0 Å². The predicted octanol–water partition coefficient (Wildman–Crippen LogP) is 2.61. The van der Waals surface area contributed by atoms with Gasteiger partial charge < -0.3 is 0 Å². The summed E-state index contributed by atoms with van der Waals surface area (Å²) in [5, 5.41) is 0. The van der Waals surface area contributed by atoms with Crippen LogP contribution in [-0.4, -0.2) is 10.7 Å². The molecule has 0 spiro atoms. The molecule has 0 atom stereocenters. The maximum Gasteiger partial charge on any atom is 0.169 e. The van der Waals surface area contributed by atoms with Crippen molar-refractivity contribution in [2.24, 2.45) is 0 Å². The summed E-state index contributed by atoms with van der Waals surface area (Å²) in [6.07, 6.45) is 6.05.